The van der Waals surface area contributed by atoms with Crippen LogP contribution in [0.15, 0.2) is 0 Å². The molecular weight excluding hydrogens is 252 g/mol. The van der Waals surface area contributed by atoms with E-state index in [-0.39, 0.29) is 0 Å². The van der Waals surface area contributed by atoms with E-state index in [1.165, 1.54) is 51.6 Å². The Balaban J connectivity index is 1.49. The van der Waals surface area contributed by atoms with Gasteiger partial charge in [-0.15, -0.1) is 0 Å². The van der Waals surface area contributed by atoms with Crippen molar-refractivity contribution in [3.8, 4) is 0 Å². The maximum absolute atomic E-state index is 5.69. The molecule has 1 N–H and O–H groups in total. The Morgan fingerprint density at radius 2 is 1.95 bits per heavy atom. The van der Waals surface area contributed by atoms with Gasteiger partial charge in [0.15, 0.2) is 0 Å². The van der Waals surface area contributed by atoms with Gasteiger partial charge in [-0.1, -0.05) is 12.8 Å². The molecule has 1 aliphatic heterocycles. The largest absolute Gasteiger partial charge is 0.382 e. The molecule has 0 aromatic carbocycles. The van der Waals surface area contributed by atoms with Crippen LogP contribution in [0.25, 0.3) is 0 Å². The van der Waals surface area contributed by atoms with Crippen LogP contribution in [-0.2, 0) is 9.47 Å². The van der Waals surface area contributed by atoms with Crippen LogP contribution in [0.1, 0.15) is 38.5 Å². The minimum absolute atomic E-state index is 0.428. The third-order valence-corrected chi connectivity index (χ3v) is 5.34. The number of methoxy groups -OCH3 is 1. The van der Waals surface area contributed by atoms with Gasteiger partial charge in [0.25, 0.3) is 0 Å². The van der Waals surface area contributed by atoms with Crippen LogP contribution in [0, 0.1) is 5.92 Å². The Hall–Kier alpha value is -0.160. The van der Waals surface area contributed by atoms with Crippen LogP contribution in [-0.4, -0.2) is 63.0 Å². The monoisotopic (exact) mass is 282 g/mol. The highest BCUT2D eigenvalue weighted by atomic mass is 16.5. The van der Waals surface area contributed by atoms with E-state index in [2.05, 4.69) is 10.2 Å². The number of nitrogens with one attached hydrogen (secondary N) is 1. The summed E-state index contributed by atoms with van der Waals surface area (Å²) in [5, 5.41) is 3.90. The summed E-state index contributed by atoms with van der Waals surface area (Å²) in [4.78, 5) is 2.73. The summed E-state index contributed by atoms with van der Waals surface area (Å²) in [6.07, 6.45) is 8.40. The van der Waals surface area contributed by atoms with Crippen LogP contribution in [0.2, 0.25) is 0 Å². The fourth-order valence-electron chi connectivity index (χ4n) is 4.02. The summed E-state index contributed by atoms with van der Waals surface area (Å²) in [5.41, 5.74) is 0.428. The van der Waals surface area contributed by atoms with E-state index in [1.54, 1.807) is 7.11 Å². The molecule has 0 aromatic rings. The quantitative estimate of drug-likeness (QED) is 0.720. The number of rotatable bonds is 7. The molecule has 4 heteroatoms. The fourth-order valence-corrected chi connectivity index (χ4v) is 4.02. The van der Waals surface area contributed by atoms with E-state index in [0.717, 1.165) is 31.7 Å². The number of hydrogen-bond acceptors (Lipinski definition) is 4. The average Bonchev–Trinajstić information content (AvgIpc) is 3.20. The zero-order valence-corrected chi connectivity index (χ0v) is 12.9. The summed E-state index contributed by atoms with van der Waals surface area (Å²) in [6.45, 7) is 5.81. The van der Waals surface area contributed by atoms with Crippen molar-refractivity contribution in [3.63, 3.8) is 0 Å². The molecule has 1 saturated heterocycles. The van der Waals surface area contributed by atoms with Gasteiger partial charge in [0.2, 0.25) is 0 Å². The number of ether oxygens (including phenoxy) is 2. The Morgan fingerprint density at radius 1 is 1.15 bits per heavy atom. The maximum atomic E-state index is 5.69. The lowest BCUT2D eigenvalue weighted by Crippen LogP contribution is -2.64. The Bertz CT molecular complexity index is 301. The summed E-state index contributed by atoms with van der Waals surface area (Å²) in [6, 6.07) is 0.757. The van der Waals surface area contributed by atoms with E-state index < -0.39 is 0 Å². The van der Waals surface area contributed by atoms with E-state index in [4.69, 9.17) is 9.47 Å². The second kappa shape index (κ2) is 6.73. The molecule has 0 amide bonds. The molecule has 1 unspecified atom stereocenters. The lowest BCUT2D eigenvalue weighted by atomic mass is 9.91. The molecule has 3 rings (SSSR count). The molecule has 2 aliphatic carbocycles. The third-order valence-electron chi connectivity index (χ3n) is 5.34. The van der Waals surface area contributed by atoms with Crippen LogP contribution in [0.4, 0.5) is 0 Å². The highest BCUT2D eigenvalue weighted by molar-refractivity contribution is 5.03. The predicted octanol–water partition coefficient (Wildman–Crippen LogP) is 1.65. The van der Waals surface area contributed by atoms with Gasteiger partial charge >= 0.3 is 0 Å². The predicted molar refractivity (Wildman–Crippen MR) is 80.0 cm³/mol. The van der Waals surface area contributed by atoms with E-state index >= 15 is 0 Å². The van der Waals surface area contributed by atoms with E-state index in [0.29, 0.717) is 12.1 Å². The minimum atomic E-state index is 0.428. The Morgan fingerprint density at radius 3 is 2.65 bits per heavy atom. The van der Waals surface area contributed by atoms with Crippen LogP contribution >= 0.6 is 0 Å². The van der Waals surface area contributed by atoms with Gasteiger partial charge in [0, 0.05) is 38.3 Å². The smallest absolute Gasteiger partial charge is 0.0700 e. The van der Waals surface area contributed by atoms with Gasteiger partial charge in [0.1, 0.15) is 0 Å². The van der Waals surface area contributed by atoms with Crippen LogP contribution in [0.5, 0.6) is 0 Å². The van der Waals surface area contributed by atoms with Gasteiger partial charge in [-0.2, -0.15) is 0 Å². The molecule has 2 saturated carbocycles. The molecule has 3 fully saturated rings. The lowest BCUT2D eigenvalue weighted by molar-refractivity contribution is 0.0205. The lowest BCUT2D eigenvalue weighted by Gasteiger charge is -2.46. The fraction of sp³-hybridized carbons (Fsp3) is 1.00. The normalized spacial score (nSPS) is 30.1. The first-order valence-electron chi connectivity index (χ1n) is 8.39. The van der Waals surface area contributed by atoms with Crippen LogP contribution < -0.4 is 5.32 Å². The standard InChI is InChI=1S/C16H30N2O2/c1-19-10-11-20-9-8-18-13-16(6-2-3-7-16)17-12-15(18)14-4-5-14/h14-15,17H,2-13H2,1H3. The maximum Gasteiger partial charge on any atom is 0.0700 e. The third kappa shape index (κ3) is 3.53. The second-order valence-corrected chi connectivity index (χ2v) is 6.85. The summed E-state index contributed by atoms with van der Waals surface area (Å²) < 4.78 is 10.7. The van der Waals surface area contributed by atoms with Crippen molar-refractivity contribution < 1.29 is 9.47 Å². The minimum Gasteiger partial charge on any atom is -0.382 e. The van der Waals surface area contributed by atoms with Gasteiger partial charge in [-0.05, 0) is 31.6 Å². The number of nitrogens with zero attached hydrogens (tertiary/aromatic N) is 1. The molecular formula is C16H30N2O2. The summed E-state index contributed by atoms with van der Waals surface area (Å²) in [5.74, 6) is 0.945. The van der Waals surface area contributed by atoms with Crippen molar-refractivity contribution in [3.05, 3.63) is 0 Å². The first-order chi connectivity index (χ1) is 9.83. The number of piperazine rings is 1. The Labute approximate surface area is 123 Å². The van der Waals surface area contributed by atoms with Crippen molar-refractivity contribution in [2.45, 2.75) is 50.1 Å². The van der Waals surface area contributed by atoms with E-state index in [9.17, 15) is 0 Å². The summed E-state index contributed by atoms with van der Waals surface area (Å²) in [7, 11) is 1.73. The zero-order chi connectivity index (χ0) is 13.8. The molecule has 0 aromatic heterocycles. The Kier molecular flexibility index (Phi) is 4.97. The molecule has 3 aliphatic rings. The molecule has 4 nitrogen and oxygen atoms in total. The van der Waals surface area contributed by atoms with Crippen molar-refractivity contribution in [2.24, 2.45) is 5.92 Å². The molecule has 1 heterocycles. The van der Waals surface area contributed by atoms with Crippen LogP contribution in [0.3, 0.4) is 0 Å². The topological polar surface area (TPSA) is 33.7 Å². The molecule has 1 spiro atoms. The highest BCUT2D eigenvalue weighted by Crippen LogP contribution is 2.40. The first kappa shape index (κ1) is 14.8. The van der Waals surface area contributed by atoms with Crippen molar-refractivity contribution in [1.29, 1.82) is 0 Å². The van der Waals surface area contributed by atoms with Gasteiger partial charge in [0.05, 0.1) is 19.8 Å². The van der Waals surface area contributed by atoms with E-state index in [1.807, 2.05) is 0 Å². The zero-order valence-electron chi connectivity index (χ0n) is 12.9. The average molecular weight is 282 g/mol. The number of hydrogen-bond donors (Lipinski definition) is 1. The highest BCUT2D eigenvalue weighted by Gasteiger charge is 2.45. The molecule has 20 heavy (non-hydrogen) atoms. The molecule has 1 atom stereocenters. The first-order valence-corrected chi connectivity index (χ1v) is 8.39. The molecule has 0 radical (unpaired) electrons. The second-order valence-electron chi connectivity index (χ2n) is 6.85. The molecule has 0 bridgehead atoms. The van der Waals surface area contributed by atoms with Gasteiger partial charge < -0.3 is 14.8 Å². The van der Waals surface area contributed by atoms with Gasteiger partial charge in [-0.25, -0.2) is 0 Å². The van der Waals surface area contributed by atoms with Crippen molar-refractivity contribution >= 4 is 0 Å². The molecule has 116 valence electrons. The van der Waals surface area contributed by atoms with Crippen molar-refractivity contribution in [2.75, 3.05) is 46.6 Å². The SMILES string of the molecule is COCCOCCN1CC2(CCCC2)NCC1C1CC1. The summed E-state index contributed by atoms with van der Waals surface area (Å²) >= 11 is 0. The van der Waals surface area contributed by atoms with Gasteiger partial charge in [-0.3, -0.25) is 4.90 Å². The van der Waals surface area contributed by atoms with Crippen molar-refractivity contribution in [1.82, 2.24) is 10.2 Å².